The predicted molar refractivity (Wildman–Crippen MR) is 89.5 cm³/mol. The Hall–Kier alpha value is -1.76. The summed E-state index contributed by atoms with van der Waals surface area (Å²) in [5.41, 5.74) is 6.97. The van der Waals surface area contributed by atoms with E-state index in [0.29, 0.717) is 0 Å². The number of fused-ring (bicyclic) bond motifs is 3. The molecule has 2 aromatic carbocycles. The second kappa shape index (κ2) is 5.70. The van der Waals surface area contributed by atoms with Crippen LogP contribution in [0.3, 0.4) is 0 Å². The van der Waals surface area contributed by atoms with Crippen molar-refractivity contribution in [2.45, 2.75) is 40.0 Å². The van der Waals surface area contributed by atoms with Crippen molar-refractivity contribution in [3.63, 3.8) is 0 Å². The van der Waals surface area contributed by atoms with E-state index in [-0.39, 0.29) is 5.41 Å². The minimum Gasteiger partial charge on any atom is -0.385 e. The van der Waals surface area contributed by atoms with Crippen LogP contribution in [0, 0.1) is 0 Å². The zero-order chi connectivity index (χ0) is 14.8. The van der Waals surface area contributed by atoms with Crippen LogP contribution in [0.15, 0.2) is 42.5 Å². The van der Waals surface area contributed by atoms with Gasteiger partial charge in [-0.3, -0.25) is 0 Å². The average Bonchev–Trinajstić information content (AvgIpc) is 2.71. The van der Waals surface area contributed by atoms with Gasteiger partial charge in [-0.15, -0.1) is 0 Å². The molecule has 0 heterocycles. The van der Waals surface area contributed by atoms with Crippen molar-refractivity contribution in [2.75, 3.05) is 11.9 Å². The fourth-order valence-corrected chi connectivity index (χ4v) is 3.02. The van der Waals surface area contributed by atoms with Gasteiger partial charge in [0.15, 0.2) is 0 Å². The summed E-state index contributed by atoms with van der Waals surface area (Å²) in [4.78, 5) is 0. The van der Waals surface area contributed by atoms with Crippen LogP contribution in [0.5, 0.6) is 0 Å². The third-order valence-corrected chi connectivity index (χ3v) is 3.96. The van der Waals surface area contributed by atoms with E-state index in [1.165, 1.54) is 27.9 Å². The zero-order valence-electron chi connectivity index (χ0n) is 13.2. The highest BCUT2D eigenvalue weighted by atomic mass is 14.8. The SMILES string of the molecule is CC.CCNc1ccc2c(c1)C(C)(C)c1ccccc1-2. The molecule has 0 fully saturated rings. The third-order valence-electron chi connectivity index (χ3n) is 3.96. The van der Waals surface area contributed by atoms with Crippen LogP contribution in [0.1, 0.15) is 45.7 Å². The first kappa shape index (κ1) is 14.6. The number of benzene rings is 2. The number of rotatable bonds is 2. The van der Waals surface area contributed by atoms with Gasteiger partial charge < -0.3 is 5.32 Å². The standard InChI is InChI=1S/C17H19N.C2H6/c1-4-18-12-9-10-14-13-7-5-6-8-15(13)17(2,3)16(14)11-12;1-2/h5-11,18H,4H2,1-3H3;1-2H3. The molecule has 0 aliphatic heterocycles. The summed E-state index contributed by atoms with van der Waals surface area (Å²) in [5.74, 6) is 0. The summed E-state index contributed by atoms with van der Waals surface area (Å²) in [6.45, 7) is 11.7. The summed E-state index contributed by atoms with van der Waals surface area (Å²) in [6, 6.07) is 15.5. The van der Waals surface area contributed by atoms with Gasteiger partial charge >= 0.3 is 0 Å². The van der Waals surface area contributed by atoms with Gasteiger partial charge in [0.25, 0.3) is 0 Å². The van der Waals surface area contributed by atoms with Crippen LogP contribution in [0.4, 0.5) is 5.69 Å². The van der Waals surface area contributed by atoms with E-state index in [9.17, 15) is 0 Å². The van der Waals surface area contributed by atoms with Crippen LogP contribution < -0.4 is 5.32 Å². The van der Waals surface area contributed by atoms with E-state index < -0.39 is 0 Å². The largest absolute Gasteiger partial charge is 0.385 e. The maximum absolute atomic E-state index is 3.40. The van der Waals surface area contributed by atoms with E-state index in [0.717, 1.165) is 6.54 Å². The van der Waals surface area contributed by atoms with Crippen molar-refractivity contribution in [3.05, 3.63) is 53.6 Å². The minimum atomic E-state index is 0.108. The highest BCUT2D eigenvalue weighted by Gasteiger charge is 2.34. The summed E-state index contributed by atoms with van der Waals surface area (Å²) < 4.78 is 0. The Balaban J connectivity index is 0.000000704. The van der Waals surface area contributed by atoms with E-state index in [1.807, 2.05) is 13.8 Å². The topological polar surface area (TPSA) is 12.0 Å². The molecule has 1 aliphatic carbocycles. The molecule has 0 atom stereocenters. The summed E-state index contributed by atoms with van der Waals surface area (Å²) >= 11 is 0. The highest BCUT2D eigenvalue weighted by molar-refractivity contribution is 5.82. The van der Waals surface area contributed by atoms with Gasteiger partial charge in [-0.1, -0.05) is 58.0 Å². The van der Waals surface area contributed by atoms with Crippen LogP contribution in [0.2, 0.25) is 0 Å². The van der Waals surface area contributed by atoms with Crippen molar-refractivity contribution in [1.82, 2.24) is 0 Å². The lowest BCUT2D eigenvalue weighted by molar-refractivity contribution is 0.660. The van der Waals surface area contributed by atoms with E-state index in [1.54, 1.807) is 0 Å². The molecule has 1 aliphatic rings. The van der Waals surface area contributed by atoms with Crippen molar-refractivity contribution in [2.24, 2.45) is 0 Å². The maximum Gasteiger partial charge on any atom is 0.0343 e. The molecule has 1 N–H and O–H groups in total. The second-order valence-electron chi connectivity index (χ2n) is 5.46. The highest BCUT2D eigenvalue weighted by Crippen LogP contribution is 2.49. The maximum atomic E-state index is 3.40. The van der Waals surface area contributed by atoms with Crippen LogP contribution in [0.25, 0.3) is 11.1 Å². The third kappa shape index (κ3) is 2.22. The molecule has 0 amide bonds. The molecule has 1 nitrogen and oxygen atoms in total. The molecule has 3 rings (SSSR count). The monoisotopic (exact) mass is 267 g/mol. The molecule has 20 heavy (non-hydrogen) atoms. The first-order chi connectivity index (χ1) is 9.64. The molecule has 0 unspecified atom stereocenters. The number of hydrogen-bond acceptors (Lipinski definition) is 1. The Labute approximate surface area is 123 Å². The summed E-state index contributed by atoms with van der Waals surface area (Å²) in [7, 11) is 0. The predicted octanol–water partition coefficient (Wildman–Crippen LogP) is 5.45. The molecule has 0 aromatic heterocycles. The van der Waals surface area contributed by atoms with Crippen molar-refractivity contribution in [1.29, 1.82) is 0 Å². The van der Waals surface area contributed by atoms with Gasteiger partial charge in [-0.2, -0.15) is 0 Å². The Kier molecular flexibility index (Phi) is 4.17. The smallest absolute Gasteiger partial charge is 0.0343 e. The Morgan fingerprint density at radius 3 is 2.25 bits per heavy atom. The van der Waals surface area contributed by atoms with Gasteiger partial charge in [-0.25, -0.2) is 0 Å². The summed E-state index contributed by atoms with van der Waals surface area (Å²) in [6.07, 6.45) is 0. The average molecular weight is 267 g/mol. The number of nitrogens with one attached hydrogen (secondary N) is 1. The number of hydrogen-bond donors (Lipinski definition) is 1. The van der Waals surface area contributed by atoms with Crippen molar-refractivity contribution >= 4 is 5.69 Å². The molecule has 0 bridgehead atoms. The molecular formula is C19H25N. The second-order valence-corrected chi connectivity index (χ2v) is 5.46. The van der Waals surface area contributed by atoms with E-state index in [4.69, 9.17) is 0 Å². The molecule has 2 aromatic rings. The van der Waals surface area contributed by atoms with Crippen molar-refractivity contribution < 1.29 is 0 Å². The quantitative estimate of drug-likeness (QED) is 0.762. The first-order valence-electron chi connectivity index (χ1n) is 7.63. The molecule has 0 saturated carbocycles. The first-order valence-corrected chi connectivity index (χ1v) is 7.63. The Morgan fingerprint density at radius 1 is 0.900 bits per heavy atom. The molecule has 1 heteroatoms. The van der Waals surface area contributed by atoms with Gasteiger partial charge in [0.05, 0.1) is 0 Å². The lowest BCUT2D eigenvalue weighted by atomic mass is 9.82. The van der Waals surface area contributed by atoms with Gasteiger partial charge in [-0.05, 0) is 41.3 Å². The van der Waals surface area contributed by atoms with Gasteiger partial charge in [0, 0.05) is 17.6 Å². The minimum absolute atomic E-state index is 0.108. The molecule has 0 spiro atoms. The Morgan fingerprint density at radius 2 is 1.55 bits per heavy atom. The van der Waals surface area contributed by atoms with Crippen LogP contribution >= 0.6 is 0 Å². The molecule has 106 valence electrons. The van der Waals surface area contributed by atoms with Crippen LogP contribution in [-0.2, 0) is 5.41 Å². The fraction of sp³-hybridized carbons (Fsp3) is 0.368. The lowest BCUT2D eigenvalue weighted by Gasteiger charge is -2.22. The summed E-state index contributed by atoms with van der Waals surface area (Å²) in [5, 5.41) is 3.40. The normalized spacial score (nSPS) is 13.8. The fourth-order valence-electron chi connectivity index (χ4n) is 3.02. The van der Waals surface area contributed by atoms with Gasteiger partial charge in [0.1, 0.15) is 0 Å². The molecule has 0 radical (unpaired) electrons. The lowest BCUT2D eigenvalue weighted by Crippen LogP contribution is -2.15. The van der Waals surface area contributed by atoms with E-state index >= 15 is 0 Å². The van der Waals surface area contributed by atoms with E-state index in [2.05, 4.69) is 68.6 Å². The zero-order valence-corrected chi connectivity index (χ0v) is 13.2. The molecular weight excluding hydrogens is 242 g/mol. The van der Waals surface area contributed by atoms with Crippen LogP contribution in [-0.4, -0.2) is 6.54 Å². The van der Waals surface area contributed by atoms with Gasteiger partial charge in [0.2, 0.25) is 0 Å². The number of anilines is 1. The Bertz CT molecular complexity index is 596. The van der Waals surface area contributed by atoms with Crippen molar-refractivity contribution in [3.8, 4) is 11.1 Å². The molecule has 0 saturated heterocycles.